The highest BCUT2D eigenvalue weighted by Crippen LogP contribution is 2.48. The maximum absolute atomic E-state index is 14.0. The van der Waals surface area contributed by atoms with Crippen molar-refractivity contribution in [3.63, 3.8) is 0 Å². The Morgan fingerprint density at radius 3 is 2.24 bits per heavy atom. The number of pyridine rings is 1. The Morgan fingerprint density at radius 1 is 0.919 bits per heavy atom. The number of allylic oxidation sites excluding steroid dienone is 3. The maximum atomic E-state index is 14.0. The summed E-state index contributed by atoms with van der Waals surface area (Å²) in [5, 5.41) is 0.188. The molecule has 7 heteroatoms. The van der Waals surface area contributed by atoms with Crippen LogP contribution in [0.3, 0.4) is 0 Å². The van der Waals surface area contributed by atoms with Gasteiger partial charge in [0.25, 0.3) is 0 Å². The molecule has 5 rings (SSSR count). The Morgan fingerprint density at radius 2 is 1.59 bits per heavy atom. The van der Waals surface area contributed by atoms with Gasteiger partial charge in [-0.25, -0.2) is 8.42 Å². The molecule has 37 heavy (non-hydrogen) atoms. The minimum absolute atomic E-state index is 0.0868. The van der Waals surface area contributed by atoms with Crippen LogP contribution in [0.15, 0.2) is 103 Å². The van der Waals surface area contributed by atoms with Gasteiger partial charge in [0.05, 0.1) is 11.1 Å². The molecule has 0 saturated heterocycles. The molecule has 1 aliphatic carbocycles. The molecule has 0 radical (unpaired) electrons. The Hall–Kier alpha value is -3.71. The van der Waals surface area contributed by atoms with Crippen molar-refractivity contribution in [2.45, 2.75) is 23.8 Å². The molecule has 0 saturated carbocycles. The van der Waals surface area contributed by atoms with Gasteiger partial charge in [0.1, 0.15) is 4.75 Å². The Balaban J connectivity index is 1.83. The second-order valence-corrected chi connectivity index (χ2v) is 11.5. The number of nitrogens with zero attached hydrogens (tertiary/aromatic N) is 1. The van der Waals surface area contributed by atoms with Gasteiger partial charge in [-0.05, 0) is 40.3 Å². The largest absolute Gasteiger partial charge is 0.418 e. The molecule has 1 heterocycles. The van der Waals surface area contributed by atoms with Crippen molar-refractivity contribution in [1.82, 2.24) is 4.98 Å². The summed E-state index contributed by atoms with van der Waals surface area (Å²) in [5.74, 6) is 0. The van der Waals surface area contributed by atoms with E-state index in [4.69, 9.17) is 0 Å². The van der Waals surface area contributed by atoms with Crippen LogP contribution in [-0.2, 0) is 27.2 Å². The molecule has 3 nitrogen and oxygen atoms in total. The van der Waals surface area contributed by atoms with Crippen LogP contribution in [-0.4, -0.2) is 19.7 Å². The zero-order valence-electron chi connectivity index (χ0n) is 20.0. The fraction of sp³-hybridized carbons (Fsp3) is 0.167. The molecule has 188 valence electrons. The Labute approximate surface area is 213 Å². The molecule has 1 unspecified atom stereocenters. The molecule has 0 fully saturated rings. The van der Waals surface area contributed by atoms with Crippen molar-refractivity contribution in [1.29, 1.82) is 0 Å². The molecule has 0 N–H and O–H groups in total. The number of hydrogen-bond donors (Lipinski definition) is 0. The molecule has 1 atom stereocenters. The average molecular weight is 520 g/mol. The molecule has 0 bridgehead atoms. The lowest BCUT2D eigenvalue weighted by Crippen LogP contribution is -2.36. The number of rotatable bonds is 5. The van der Waals surface area contributed by atoms with Gasteiger partial charge in [-0.15, -0.1) is 0 Å². The minimum atomic E-state index is -4.64. The van der Waals surface area contributed by atoms with E-state index in [2.05, 4.69) is 4.98 Å². The van der Waals surface area contributed by atoms with Gasteiger partial charge in [0, 0.05) is 24.3 Å². The van der Waals surface area contributed by atoms with Gasteiger partial charge < -0.3 is 0 Å². The summed E-state index contributed by atoms with van der Waals surface area (Å²) >= 11 is 0. The zero-order valence-corrected chi connectivity index (χ0v) is 20.9. The first kappa shape index (κ1) is 25.0. The standard InChI is InChI=1S/C30H24F3NO2S/c1-37(35,36)29(17-9-14-23(19-29)22-12-6-3-7-13-22)27-24(18-21-10-4-2-5-11-21)20-34-28-25(27)15-8-16-26(28)30(31,32)33/h2-17,20H,18-19H2,1H3. The smallest absolute Gasteiger partial charge is 0.255 e. The zero-order chi connectivity index (χ0) is 26.3. The second-order valence-electron chi connectivity index (χ2n) is 9.28. The average Bonchev–Trinajstić information content (AvgIpc) is 2.88. The number of halogens is 3. The minimum Gasteiger partial charge on any atom is -0.255 e. The van der Waals surface area contributed by atoms with Crippen LogP contribution in [0.25, 0.3) is 16.5 Å². The normalized spacial score (nSPS) is 18.1. The highest BCUT2D eigenvalue weighted by molar-refractivity contribution is 7.91. The molecule has 4 aromatic rings. The molecule has 1 aromatic heterocycles. The van der Waals surface area contributed by atoms with Crippen molar-refractivity contribution in [3.05, 3.63) is 131 Å². The second kappa shape index (κ2) is 9.30. The van der Waals surface area contributed by atoms with E-state index in [0.29, 0.717) is 17.5 Å². The summed E-state index contributed by atoms with van der Waals surface area (Å²) in [6, 6.07) is 22.7. The predicted octanol–water partition coefficient (Wildman–Crippen LogP) is 7.13. The lowest BCUT2D eigenvalue weighted by Gasteiger charge is -2.35. The molecule has 1 aliphatic rings. The quantitative estimate of drug-likeness (QED) is 0.282. The Bertz CT molecular complexity index is 1630. The molecular formula is C30H24F3NO2S. The van der Waals surface area contributed by atoms with E-state index in [1.807, 2.05) is 66.7 Å². The van der Waals surface area contributed by atoms with Crippen molar-refractivity contribution in [3.8, 4) is 0 Å². The van der Waals surface area contributed by atoms with Crippen molar-refractivity contribution in [2.75, 3.05) is 6.26 Å². The van der Waals surface area contributed by atoms with Gasteiger partial charge in [-0.1, -0.05) is 91.0 Å². The van der Waals surface area contributed by atoms with Crippen molar-refractivity contribution in [2.24, 2.45) is 0 Å². The fourth-order valence-corrected chi connectivity index (χ4v) is 6.48. The van der Waals surface area contributed by atoms with E-state index in [0.717, 1.165) is 29.0 Å². The third-order valence-electron chi connectivity index (χ3n) is 6.86. The van der Waals surface area contributed by atoms with E-state index < -0.39 is 26.3 Å². The first-order valence-corrected chi connectivity index (χ1v) is 13.6. The number of alkyl halides is 3. The van der Waals surface area contributed by atoms with Crippen LogP contribution in [0.5, 0.6) is 0 Å². The van der Waals surface area contributed by atoms with Crippen LogP contribution in [0, 0.1) is 0 Å². The first-order valence-electron chi connectivity index (χ1n) is 11.8. The van der Waals surface area contributed by atoms with Crippen LogP contribution in [0.1, 0.15) is 34.2 Å². The van der Waals surface area contributed by atoms with Gasteiger partial charge in [0.15, 0.2) is 9.84 Å². The summed E-state index contributed by atoms with van der Waals surface area (Å²) in [6.45, 7) is 0. The topological polar surface area (TPSA) is 47.0 Å². The molecule has 0 aliphatic heterocycles. The number of para-hydroxylation sites is 1. The maximum Gasteiger partial charge on any atom is 0.418 e. The highest BCUT2D eigenvalue weighted by atomic mass is 32.2. The monoisotopic (exact) mass is 519 g/mol. The number of benzene rings is 3. The number of sulfone groups is 1. The third-order valence-corrected chi connectivity index (χ3v) is 8.67. The SMILES string of the molecule is CS(=O)(=O)C1(c2c(Cc3ccccc3)cnc3c(C(F)(F)F)cccc23)C=CC=C(c2ccccc2)C1. The highest BCUT2D eigenvalue weighted by Gasteiger charge is 2.45. The summed E-state index contributed by atoms with van der Waals surface area (Å²) in [7, 11) is -3.87. The first-order chi connectivity index (χ1) is 17.6. The van der Waals surface area contributed by atoms with E-state index >= 15 is 0 Å². The van der Waals surface area contributed by atoms with E-state index in [1.165, 1.54) is 12.3 Å². The van der Waals surface area contributed by atoms with Crippen molar-refractivity contribution < 1.29 is 21.6 Å². The van der Waals surface area contributed by atoms with Gasteiger partial charge in [-0.2, -0.15) is 13.2 Å². The van der Waals surface area contributed by atoms with Gasteiger partial charge >= 0.3 is 6.18 Å². The third kappa shape index (κ3) is 4.60. The van der Waals surface area contributed by atoms with E-state index in [-0.39, 0.29) is 17.3 Å². The summed E-state index contributed by atoms with van der Waals surface area (Å²) < 4.78 is 67.7. The van der Waals surface area contributed by atoms with Crippen molar-refractivity contribution >= 4 is 26.3 Å². The van der Waals surface area contributed by atoms with E-state index in [1.54, 1.807) is 18.2 Å². The number of hydrogen-bond acceptors (Lipinski definition) is 3. The van der Waals surface area contributed by atoms with Crippen LogP contribution >= 0.6 is 0 Å². The van der Waals surface area contributed by atoms with Gasteiger partial charge in [0.2, 0.25) is 0 Å². The Kier molecular flexibility index (Phi) is 6.28. The number of aromatic nitrogens is 1. The summed E-state index contributed by atoms with van der Waals surface area (Å²) in [4.78, 5) is 4.24. The lowest BCUT2D eigenvalue weighted by atomic mass is 9.80. The molecule has 0 amide bonds. The predicted molar refractivity (Wildman–Crippen MR) is 141 cm³/mol. The summed E-state index contributed by atoms with van der Waals surface area (Å²) in [5.41, 5.74) is 2.32. The van der Waals surface area contributed by atoms with Crippen LogP contribution in [0.4, 0.5) is 13.2 Å². The van der Waals surface area contributed by atoms with E-state index in [9.17, 15) is 21.6 Å². The fourth-order valence-electron chi connectivity index (χ4n) is 5.13. The van der Waals surface area contributed by atoms with Gasteiger partial charge in [-0.3, -0.25) is 4.98 Å². The molecular weight excluding hydrogens is 495 g/mol. The molecule has 3 aromatic carbocycles. The van der Waals surface area contributed by atoms with Crippen LogP contribution < -0.4 is 0 Å². The van der Waals surface area contributed by atoms with Crippen LogP contribution in [0.2, 0.25) is 0 Å². The summed E-state index contributed by atoms with van der Waals surface area (Å²) in [6.07, 6.45) is 3.49. The lowest BCUT2D eigenvalue weighted by molar-refractivity contribution is -0.136. The number of fused-ring (bicyclic) bond motifs is 1. The molecule has 0 spiro atoms.